The first-order valence-electron chi connectivity index (χ1n) is 4.74. The molecule has 2 unspecified atom stereocenters. The Balaban J connectivity index is 2.12. The molecular weight excluding hydrogens is 164 g/mol. The Morgan fingerprint density at radius 2 is 2.31 bits per heavy atom. The number of aromatic amines is 1. The molecular formula is C9H16N4. The van der Waals surface area contributed by atoms with Gasteiger partial charge in [-0.25, -0.2) is 0 Å². The third-order valence-electron chi connectivity index (χ3n) is 2.53. The van der Waals surface area contributed by atoms with Gasteiger partial charge in [0.25, 0.3) is 0 Å². The molecule has 0 spiro atoms. The molecule has 2 rings (SSSR count). The highest BCUT2D eigenvalue weighted by Gasteiger charge is 2.20. The van der Waals surface area contributed by atoms with E-state index in [0.29, 0.717) is 12.1 Å². The maximum Gasteiger partial charge on any atom is 0.0639 e. The van der Waals surface area contributed by atoms with E-state index in [-0.39, 0.29) is 0 Å². The van der Waals surface area contributed by atoms with Crippen molar-refractivity contribution in [3.63, 3.8) is 0 Å². The van der Waals surface area contributed by atoms with Crippen molar-refractivity contribution < 1.29 is 0 Å². The molecule has 0 saturated carbocycles. The summed E-state index contributed by atoms with van der Waals surface area (Å²) in [7, 11) is 0. The molecule has 0 amide bonds. The van der Waals surface area contributed by atoms with E-state index in [0.717, 1.165) is 18.8 Å². The van der Waals surface area contributed by atoms with Gasteiger partial charge in [0.2, 0.25) is 0 Å². The zero-order valence-corrected chi connectivity index (χ0v) is 8.09. The number of nitrogens with zero attached hydrogens (tertiary/aromatic N) is 1. The average Bonchev–Trinajstić information content (AvgIpc) is 2.51. The van der Waals surface area contributed by atoms with Gasteiger partial charge in [-0.2, -0.15) is 5.10 Å². The van der Waals surface area contributed by atoms with Crippen LogP contribution in [0.3, 0.4) is 0 Å². The average molecular weight is 180 g/mol. The van der Waals surface area contributed by atoms with E-state index in [9.17, 15) is 0 Å². The number of hydrogen-bond donors (Lipinski definition) is 3. The Bertz CT molecular complexity index is 281. The van der Waals surface area contributed by atoms with Crippen LogP contribution in [-0.2, 0) is 0 Å². The zero-order chi connectivity index (χ0) is 9.26. The number of aryl methyl sites for hydroxylation is 1. The molecule has 0 radical (unpaired) electrons. The fourth-order valence-corrected chi connectivity index (χ4v) is 1.83. The fraction of sp³-hybridized carbons (Fsp3) is 0.667. The monoisotopic (exact) mass is 180 g/mol. The normalized spacial score (nSPS) is 29.1. The van der Waals surface area contributed by atoms with Crippen molar-refractivity contribution in [2.45, 2.75) is 25.9 Å². The SMILES string of the molecule is Cc1n[nH]cc1C1CNCC(C)N1. The summed E-state index contributed by atoms with van der Waals surface area (Å²) in [5, 5.41) is 13.9. The zero-order valence-electron chi connectivity index (χ0n) is 8.09. The molecule has 2 atom stereocenters. The highest BCUT2D eigenvalue weighted by molar-refractivity contribution is 5.20. The second-order valence-corrected chi connectivity index (χ2v) is 3.70. The van der Waals surface area contributed by atoms with E-state index in [1.165, 1.54) is 5.56 Å². The number of hydrogen-bond acceptors (Lipinski definition) is 3. The molecule has 1 aliphatic rings. The molecule has 4 heteroatoms. The van der Waals surface area contributed by atoms with Crippen molar-refractivity contribution in [1.82, 2.24) is 20.8 Å². The number of rotatable bonds is 1. The molecule has 1 aliphatic heterocycles. The van der Waals surface area contributed by atoms with E-state index in [1.54, 1.807) is 0 Å². The van der Waals surface area contributed by atoms with Crippen LogP contribution in [0.25, 0.3) is 0 Å². The van der Waals surface area contributed by atoms with E-state index < -0.39 is 0 Å². The molecule has 2 heterocycles. The lowest BCUT2D eigenvalue weighted by atomic mass is 10.0. The molecule has 0 aromatic carbocycles. The van der Waals surface area contributed by atoms with Gasteiger partial charge >= 0.3 is 0 Å². The summed E-state index contributed by atoms with van der Waals surface area (Å²) in [6, 6.07) is 0.940. The Hall–Kier alpha value is -0.870. The maximum absolute atomic E-state index is 4.12. The first-order valence-corrected chi connectivity index (χ1v) is 4.74. The van der Waals surface area contributed by atoms with Gasteiger partial charge in [0, 0.05) is 36.9 Å². The summed E-state index contributed by atoms with van der Waals surface area (Å²) in [5.41, 5.74) is 2.37. The summed E-state index contributed by atoms with van der Waals surface area (Å²) >= 11 is 0. The molecule has 0 aliphatic carbocycles. The van der Waals surface area contributed by atoms with Crippen LogP contribution in [-0.4, -0.2) is 29.3 Å². The molecule has 1 aromatic rings. The molecule has 4 nitrogen and oxygen atoms in total. The van der Waals surface area contributed by atoms with Crippen molar-refractivity contribution in [1.29, 1.82) is 0 Å². The van der Waals surface area contributed by atoms with Crippen molar-refractivity contribution in [2.24, 2.45) is 0 Å². The second kappa shape index (κ2) is 3.47. The third kappa shape index (κ3) is 1.73. The minimum Gasteiger partial charge on any atom is -0.313 e. The Kier molecular flexibility index (Phi) is 2.33. The van der Waals surface area contributed by atoms with Gasteiger partial charge in [0.1, 0.15) is 0 Å². The summed E-state index contributed by atoms with van der Waals surface area (Å²) in [6.45, 7) is 6.26. The number of H-pyrrole nitrogens is 1. The molecule has 3 N–H and O–H groups in total. The summed E-state index contributed by atoms with van der Waals surface area (Å²) in [6.07, 6.45) is 1.98. The van der Waals surface area contributed by atoms with Gasteiger partial charge in [0.15, 0.2) is 0 Å². The fourth-order valence-electron chi connectivity index (χ4n) is 1.83. The van der Waals surface area contributed by atoms with Crippen molar-refractivity contribution >= 4 is 0 Å². The first kappa shape index (κ1) is 8.72. The van der Waals surface area contributed by atoms with Crippen LogP contribution in [0.2, 0.25) is 0 Å². The molecule has 72 valence electrons. The molecule has 0 bridgehead atoms. The summed E-state index contributed by atoms with van der Waals surface area (Å²) in [5.74, 6) is 0. The maximum atomic E-state index is 4.12. The Morgan fingerprint density at radius 1 is 1.46 bits per heavy atom. The van der Waals surface area contributed by atoms with Gasteiger partial charge < -0.3 is 10.6 Å². The smallest absolute Gasteiger partial charge is 0.0639 e. The van der Waals surface area contributed by atoms with Gasteiger partial charge in [-0.1, -0.05) is 0 Å². The van der Waals surface area contributed by atoms with E-state index in [2.05, 4.69) is 27.8 Å². The highest BCUT2D eigenvalue weighted by atomic mass is 15.1. The molecule has 13 heavy (non-hydrogen) atoms. The van der Waals surface area contributed by atoms with Crippen molar-refractivity contribution in [2.75, 3.05) is 13.1 Å². The van der Waals surface area contributed by atoms with Gasteiger partial charge in [-0.05, 0) is 13.8 Å². The lowest BCUT2D eigenvalue weighted by molar-refractivity contribution is 0.359. The largest absolute Gasteiger partial charge is 0.313 e. The van der Waals surface area contributed by atoms with E-state index in [4.69, 9.17) is 0 Å². The summed E-state index contributed by atoms with van der Waals surface area (Å²) < 4.78 is 0. The lowest BCUT2D eigenvalue weighted by Gasteiger charge is -2.29. The molecule has 1 saturated heterocycles. The van der Waals surface area contributed by atoms with Gasteiger partial charge in [-0.15, -0.1) is 0 Å². The Labute approximate surface area is 78.1 Å². The third-order valence-corrected chi connectivity index (χ3v) is 2.53. The van der Waals surface area contributed by atoms with Crippen LogP contribution in [0.15, 0.2) is 6.20 Å². The predicted octanol–water partition coefficient (Wildman–Crippen LogP) is 0.341. The second-order valence-electron chi connectivity index (χ2n) is 3.70. The minimum absolute atomic E-state index is 0.405. The molecule has 1 aromatic heterocycles. The van der Waals surface area contributed by atoms with Crippen LogP contribution in [0.1, 0.15) is 24.2 Å². The Morgan fingerprint density at radius 3 is 2.92 bits per heavy atom. The first-order chi connectivity index (χ1) is 6.27. The van der Waals surface area contributed by atoms with Gasteiger partial charge in [-0.3, -0.25) is 5.10 Å². The van der Waals surface area contributed by atoms with Crippen LogP contribution in [0.5, 0.6) is 0 Å². The number of nitrogens with one attached hydrogen (secondary N) is 3. The van der Waals surface area contributed by atoms with Crippen LogP contribution in [0.4, 0.5) is 0 Å². The van der Waals surface area contributed by atoms with Crippen molar-refractivity contribution in [3.8, 4) is 0 Å². The van der Waals surface area contributed by atoms with Crippen LogP contribution >= 0.6 is 0 Å². The topological polar surface area (TPSA) is 52.7 Å². The number of piperazine rings is 1. The molecule has 1 fully saturated rings. The minimum atomic E-state index is 0.405. The highest BCUT2D eigenvalue weighted by Crippen LogP contribution is 2.16. The van der Waals surface area contributed by atoms with Gasteiger partial charge in [0.05, 0.1) is 5.69 Å². The van der Waals surface area contributed by atoms with E-state index in [1.807, 2.05) is 13.1 Å². The van der Waals surface area contributed by atoms with Crippen molar-refractivity contribution in [3.05, 3.63) is 17.5 Å². The standard InChI is InChI=1S/C9H16N4/c1-6-3-10-5-9(12-6)8-4-11-13-7(8)2/h4,6,9-10,12H,3,5H2,1-2H3,(H,11,13). The van der Waals surface area contributed by atoms with Crippen LogP contribution in [0, 0.1) is 6.92 Å². The lowest BCUT2D eigenvalue weighted by Crippen LogP contribution is -2.48. The van der Waals surface area contributed by atoms with E-state index >= 15 is 0 Å². The number of aromatic nitrogens is 2. The predicted molar refractivity (Wildman–Crippen MR) is 51.5 cm³/mol. The quantitative estimate of drug-likeness (QED) is 0.584. The van der Waals surface area contributed by atoms with Crippen LogP contribution < -0.4 is 10.6 Å². The summed E-state index contributed by atoms with van der Waals surface area (Å²) in [4.78, 5) is 0.